The molecule has 1 unspecified atom stereocenters. The first kappa shape index (κ1) is 20.5. The molecule has 5 nitrogen and oxygen atoms in total. The minimum Gasteiger partial charge on any atom is -0.346 e. The van der Waals surface area contributed by atoms with Crippen molar-refractivity contribution < 1.29 is 22.0 Å². The van der Waals surface area contributed by atoms with Crippen molar-refractivity contribution in [1.82, 2.24) is 5.32 Å². The molecular formula is C16H24F2N2O3S. The number of hydrogen-bond donors (Lipinski definition) is 2. The lowest BCUT2D eigenvalue weighted by Gasteiger charge is -2.31. The number of carbonyl (C=O) groups is 1. The molecule has 1 aromatic rings. The maximum atomic E-state index is 12.4. The molecule has 0 heterocycles. The predicted octanol–water partition coefficient (Wildman–Crippen LogP) is 2.32. The maximum absolute atomic E-state index is 12.4. The maximum Gasteiger partial charge on any atom is 0.337 e. The van der Waals surface area contributed by atoms with Crippen LogP contribution >= 0.6 is 0 Å². The van der Waals surface area contributed by atoms with Gasteiger partial charge in [0, 0.05) is 17.6 Å². The Balaban J connectivity index is 2.84. The number of sulfone groups is 1. The third-order valence-electron chi connectivity index (χ3n) is 3.58. The Morgan fingerprint density at radius 1 is 1.25 bits per heavy atom. The van der Waals surface area contributed by atoms with E-state index in [4.69, 9.17) is 5.73 Å². The summed E-state index contributed by atoms with van der Waals surface area (Å²) in [5.41, 5.74) is 5.72. The quantitative estimate of drug-likeness (QED) is 0.743. The van der Waals surface area contributed by atoms with Gasteiger partial charge in [-0.25, -0.2) is 8.42 Å². The average Bonchev–Trinajstić information content (AvgIpc) is 2.46. The van der Waals surface area contributed by atoms with E-state index in [1.807, 2.05) is 20.8 Å². The summed E-state index contributed by atoms with van der Waals surface area (Å²) < 4.78 is 47.2. The van der Waals surface area contributed by atoms with E-state index in [1.54, 1.807) is 0 Å². The molecule has 0 aliphatic rings. The molecule has 24 heavy (non-hydrogen) atoms. The normalized spacial score (nSPS) is 14.7. The zero-order valence-corrected chi connectivity index (χ0v) is 14.9. The van der Waals surface area contributed by atoms with Crippen molar-refractivity contribution in [2.24, 2.45) is 11.7 Å². The number of amides is 1. The number of nitrogens with one attached hydrogen (secondary N) is 1. The summed E-state index contributed by atoms with van der Waals surface area (Å²) >= 11 is 0. The number of nitrogens with two attached hydrogens (primary N) is 1. The Bertz CT molecular complexity index is 660. The third kappa shape index (κ3) is 5.83. The fourth-order valence-electron chi connectivity index (χ4n) is 2.48. The van der Waals surface area contributed by atoms with E-state index in [2.05, 4.69) is 5.32 Å². The van der Waals surface area contributed by atoms with E-state index < -0.39 is 26.9 Å². The van der Waals surface area contributed by atoms with Gasteiger partial charge in [-0.1, -0.05) is 26.0 Å². The highest BCUT2D eigenvalue weighted by Gasteiger charge is 2.27. The molecule has 1 rings (SSSR count). The van der Waals surface area contributed by atoms with E-state index in [0.717, 1.165) is 0 Å². The Kier molecular flexibility index (Phi) is 6.86. The van der Waals surface area contributed by atoms with Crippen LogP contribution in [-0.2, 0) is 15.6 Å². The Morgan fingerprint density at radius 3 is 2.21 bits per heavy atom. The minimum absolute atomic E-state index is 0.204. The van der Waals surface area contributed by atoms with Gasteiger partial charge in [-0.15, -0.1) is 0 Å². The molecule has 1 amide bonds. The number of halogens is 2. The molecule has 8 heteroatoms. The number of carbonyl (C=O) groups excluding carboxylic acids is 1. The molecule has 136 valence electrons. The number of rotatable bonds is 8. The van der Waals surface area contributed by atoms with Gasteiger partial charge in [-0.2, -0.15) is 8.78 Å². The molecule has 0 bridgehead atoms. The Morgan fingerprint density at radius 2 is 1.79 bits per heavy atom. The highest BCUT2D eigenvalue weighted by atomic mass is 32.2. The average molecular weight is 362 g/mol. The molecular weight excluding hydrogens is 338 g/mol. The van der Waals surface area contributed by atoms with E-state index in [0.29, 0.717) is 17.9 Å². The third-order valence-corrected chi connectivity index (χ3v) is 4.86. The van der Waals surface area contributed by atoms with Crippen molar-refractivity contribution in [3.8, 4) is 0 Å². The van der Waals surface area contributed by atoms with E-state index in [1.165, 1.54) is 24.3 Å². The van der Waals surface area contributed by atoms with Crippen LogP contribution < -0.4 is 11.1 Å². The van der Waals surface area contributed by atoms with E-state index in [-0.39, 0.29) is 18.0 Å². The minimum atomic E-state index is -4.48. The van der Waals surface area contributed by atoms with Gasteiger partial charge < -0.3 is 11.1 Å². The van der Waals surface area contributed by atoms with Crippen molar-refractivity contribution in [1.29, 1.82) is 0 Å². The standard InChI is InChI=1S/C16H24F2N2O3S/c1-11(2)8-16(3,10-19)20-14(21)13-6-4-12(5-7-13)9-24(22,23)15(17)18/h4-7,11,15H,8-10,19H2,1-3H3,(H,20,21). The topological polar surface area (TPSA) is 89.3 Å². The van der Waals surface area contributed by atoms with Crippen LogP contribution in [0.5, 0.6) is 0 Å². The monoisotopic (exact) mass is 362 g/mol. The number of benzene rings is 1. The summed E-state index contributed by atoms with van der Waals surface area (Å²) in [6.07, 6.45) is 0.708. The van der Waals surface area contributed by atoms with Crippen LogP contribution in [0.25, 0.3) is 0 Å². The van der Waals surface area contributed by atoms with Gasteiger partial charge in [0.05, 0.1) is 5.75 Å². The first-order chi connectivity index (χ1) is 11.0. The van der Waals surface area contributed by atoms with Crippen LogP contribution in [0.2, 0.25) is 0 Å². The lowest BCUT2D eigenvalue weighted by molar-refractivity contribution is 0.0898. The molecule has 0 fully saturated rings. The van der Waals surface area contributed by atoms with Crippen molar-refractivity contribution >= 4 is 15.7 Å². The van der Waals surface area contributed by atoms with Gasteiger partial charge in [0.1, 0.15) is 0 Å². The first-order valence-electron chi connectivity index (χ1n) is 7.60. The van der Waals surface area contributed by atoms with Crippen LogP contribution in [0.4, 0.5) is 8.78 Å². The largest absolute Gasteiger partial charge is 0.346 e. The van der Waals surface area contributed by atoms with Crippen molar-refractivity contribution in [2.75, 3.05) is 6.54 Å². The Labute approximate surface area is 141 Å². The zero-order valence-electron chi connectivity index (χ0n) is 14.1. The summed E-state index contributed by atoms with van der Waals surface area (Å²) in [6, 6.07) is 5.55. The summed E-state index contributed by atoms with van der Waals surface area (Å²) in [4.78, 5) is 12.3. The number of alkyl halides is 2. The van der Waals surface area contributed by atoms with E-state index in [9.17, 15) is 22.0 Å². The molecule has 0 saturated heterocycles. The second kappa shape index (κ2) is 8.02. The van der Waals surface area contributed by atoms with Crippen LogP contribution in [0, 0.1) is 5.92 Å². The van der Waals surface area contributed by atoms with Crippen LogP contribution in [-0.4, -0.2) is 32.2 Å². The highest BCUT2D eigenvalue weighted by molar-refractivity contribution is 7.90. The fraction of sp³-hybridized carbons (Fsp3) is 0.562. The van der Waals surface area contributed by atoms with Crippen LogP contribution in [0.15, 0.2) is 24.3 Å². The lowest BCUT2D eigenvalue weighted by Crippen LogP contribution is -2.52. The SMILES string of the molecule is CC(C)CC(C)(CN)NC(=O)c1ccc(CS(=O)(=O)C(F)F)cc1. The fourth-order valence-corrected chi connectivity index (χ4v) is 3.26. The molecule has 0 aromatic heterocycles. The summed E-state index contributed by atoms with van der Waals surface area (Å²) in [7, 11) is -4.48. The molecule has 1 atom stereocenters. The predicted molar refractivity (Wildman–Crippen MR) is 89.5 cm³/mol. The smallest absolute Gasteiger partial charge is 0.337 e. The van der Waals surface area contributed by atoms with Gasteiger partial charge in [0.15, 0.2) is 0 Å². The number of hydrogen-bond acceptors (Lipinski definition) is 4. The lowest BCUT2D eigenvalue weighted by atomic mass is 9.90. The van der Waals surface area contributed by atoms with E-state index >= 15 is 0 Å². The molecule has 0 aliphatic carbocycles. The Hall–Kier alpha value is -1.54. The molecule has 1 aromatic carbocycles. The molecule has 0 spiro atoms. The van der Waals surface area contributed by atoms with Gasteiger partial charge in [-0.05, 0) is 37.0 Å². The highest BCUT2D eigenvalue weighted by Crippen LogP contribution is 2.17. The van der Waals surface area contributed by atoms with Gasteiger partial charge in [0.2, 0.25) is 9.84 Å². The summed E-state index contributed by atoms with van der Waals surface area (Å²) in [5.74, 6) is -4.17. The zero-order chi connectivity index (χ0) is 18.5. The van der Waals surface area contributed by atoms with Gasteiger partial charge in [-0.3, -0.25) is 4.79 Å². The second-order valence-corrected chi connectivity index (χ2v) is 8.55. The van der Waals surface area contributed by atoms with Crippen LogP contribution in [0.1, 0.15) is 43.1 Å². The summed E-state index contributed by atoms with van der Waals surface area (Å²) in [6.45, 7) is 6.19. The van der Waals surface area contributed by atoms with Crippen molar-refractivity contribution in [3.63, 3.8) is 0 Å². The first-order valence-corrected chi connectivity index (χ1v) is 9.32. The van der Waals surface area contributed by atoms with Gasteiger partial charge >= 0.3 is 5.76 Å². The molecule has 0 radical (unpaired) electrons. The van der Waals surface area contributed by atoms with Crippen LogP contribution in [0.3, 0.4) is 0 Å². The van der Waals surface area contributed by atoms with Gasteiger partial charge in [0.25, 0.3) is 5.91 Å². The molecule has 0 aliphatic heterocycles. The molecule has 3 N–H and O–H groups in total. The van der Waals surface area contributed by atoms with Crippen molar-refractivity contribution in [3.05, 3.63) is 35.4 Å². The molecule has 0 saturated carbocycles. The van der Waals surface area contributed by atoms with Crippen molar-refractivity contribution in [2.45, 2.75) is 44.2 Å². The summed E-state index contributed by atoms with van der Waals surface area (Å²) in [5, 5.41) is 2.87. The second-order valence-electron chi connectivity index (χ2n) is 6.58.